The number of carbonyl (C=O) groups is 1. The largest absolute Gasteiger partial charge is 0.299 e. The highest BCUT2D eigenvalue weighted by Gasteiger charge is 2.51. The fourth-order valence-corrected chi connectivity index (χ4v) is 6.33. The number of hydrogen-bond acceptors (Lipinski definition) is 2. The van der Waals surface area contributed by atoms with E-state index in [9.17, 15) is 4.79 Å². The third-order valence-corrected chi connectivity index (χ3v) is 8.26. The van der Waals surface area contributed by atoms with Gasteiger partial charge >= 0.3 is 0 Å². The minimum atomic E-state index is 0.0269. The van der Waals surface area contributed by atoms with Crippen LogP contribution in [-0.2, 0) is 16.6 Å². The molecule has 6 rings (SSSR count). The minimum Gasteiger partial charge on any atom is -0.299 e. The highest BCUT2D eigenvalue weighted by Crippen LogP contribution is 2.54. The summed E-state index contributed by atoms with van der Waals surface area (Å²) in [5.41, 5.74) is 7.88. The highest BCUT2D eigenvalue weighted by atomic mass is 16.1. The lowest BCUT2D eigenvalue weighted by molar-refractivity contribution is -0.128. The Morgan fingerprint density at radius 1 is 0.935 bits per heavy atom. The molecular formula is C28H30N2O. The number of ketones is 1. The lowest BCUT2D eigenvalue weighted by Crippen LogP contribution is -2.47. The molecule has 2 fully saturated rings. The third-order valence-electron chi connectivity index (χ3n) is 8.26. The summed E-state index contributed by atoms with van der Waals surface area (Å²) in [7, 11) is 0. The molecule has 158 valence electrons. The number of aromatic nitrogens is 2. The van der Waals surface area contributed by atoms with E-state index in [0.29, 0.717) is 24.0 Å². The van der Waals surface area contributed by atoms with Crippen molar-refractivity contribution in [1.82, 2.24) is 9.78 Å². The zero-order valence-corrected chi connectivity index (χ0v) is 18.5. The second kappa shape index (κ2) is 6.91. The number of Topliss-reactive ketones (excluding diaryl/α,β-unsaturated/α-hetero) is 1. The molecule has 3 aromatic rings. The van der Waals surface area contributed by atoms with Crippen LogP contribution in [0.15, 0.2) is 54.6 Å². The molecule has 3 aliphatic carbocycles. The van der Waals surface area contributed by atoms with E-state index < -0.39 is 0 Å². The summed E-state index contributed by atoms with van der Waals surface area (Å²) in [5.74, 6) is 1.67. The van der Waals surface area contributed by atoms with Crippen LogP contribution in [0.1, 0.15) is 68.8 Å². The SMILES string of the molecule is C[C@H]1C(=O)CC[C@@]2(C)c3c(c(C4CC4)nn3-c3ccc(-c4ccccc4)cc3)CC[C@H]12. The van der Waals surface area contributed by atoms with Crippen LogP contribution in [0.4, 0.5) is 0 Å². The predicted octanol–water partition coefficient (Wildman–Crippen LogP) is 6.24. The van der Waals surface area contributed by atoms with Crippen molar-refractivity contribution in [3.8, 4) is 16.8 Å². The number of rotatable bonds is 3. The van der Waals surface area contributed by atoms with Gasteiger partial charge in [-0.1, -0.05) is 56.3 Å². The first-order chi connectivity index (χ1) is 15.1. The molecule has 3 aliphatic rings. The van der Waals surface area contributed by atoms with Crippen molar-refractivity contribution in [3.63, 3.8) is 0 Å². The van der Waals surface area contributed by atoms with E-state index in [0.717, 1.165) is 24.9 Å². The summed E-state index contributed by atoms with van der Waals surface area (Å²) in [6.07, 6.45) is 6.38. The van der Waals surface area contributed by atoms with Gasteiger partial charge in [0.2, 0.25) is 0 Å². The van der Waals surface area contributed by atoms with Crippen LogP contribution in [0.3, 0.4) is 0 Å². The maximum absolute atomic E-state index is 12.5. The van der Waals surface area contributed by atoms with Crippen molar-refractivity contribution in [3.05, 3.63) is 71.5 Å². The zero-order chi connectivity index (χ0) is 21.2. The Morgan fingerprint density at radius 3 is 2.35 bits per heavy atom. The molecule has 0 amide bonds. The highest BCUT2D eigenvalue weighted by molar-refractivity contribution is 5.82. The fourth-order valence-electron chi connectivity index (χ4n) is 6.33. The van der Waals surface area contributed by atoms with Gasteiger partial charge in [-0.2, -0.15) is 5.10 Å². The van der Waals surface area contributed by atoms with Gasteiger partial charge in [-0.3, -0.25) is 4.79 Å². The van der Waals surface area contributed by atoms with E-state index in [1.54, 1.807) is 0 Å². The van der Waals surface area contributed by atoms with Crippen LogP contribution >= 0.6 is 0 Å². The van der Waals surface area contributed by atoms with E-state index in [2.05, 4.69) is 73.1 Å². The minimum absolute atomic E-state index is 0.0269. The first-order valence-corrected chi connectivity index (χ1v) is 11.9. The number of carbonyl (C=O) groups excluding carboxylic acids is 1. The number of hydrogen-bond donors (Lipinski definition) is 0. The van der Waals surface area contributed by atoms with Crippen molar-refractivity contribution < 1.29 is 4.79 Å². The molecule has 0 saturated heterocycles. The van der Waals surface area contributed by atoms with Crippen LogP contribution in [-0.4, -0.2) is 15.6 Å². The summed E-state index contributed by atoms with van der Waals surface area (Å²) in [6.45, 7) is 4.57. The quantitative estimate of drug-likeness (QED) is 0.512. The number of benzene rings is 2. The van der Waals surface area contributed by atoms with Gasteiger partial charge in [-0.05, 0) is 66.8 Å². The third kappa shape index (κ3) is 2.93. The van der Waals surface area contributed by atoms with Crippen molar-refractivity contribution in [2.75, 3.05) is 0 Å². The molecule has 0 N–H and O–H groups in total. The number of fused-ring (bicyclic) bond motifs is 3. The Hall–Kier alpha value is -2.68. The van der Waals surface area contributed by atoms with Gasteiger partial charge in [-0.25, -0.2) is 4.68 Å². The van der Waals surface area contributed by atoms with Crippen LogP contribution in [0, 0.1) is 11.8 Å². The van der Waals surface area contributed by atoms with Gasteiger partial charge < -0.3 is 0 Å². The van der Waals surface area contributed by atoms with Gasteiger partial charge in [-0.15, -0.1) is 0 Å². The molecule has 0 bridgehead atoms. The van der Waals surface area contributed by atoms with Crippen LogP contribution in [0.5, 0.6) is 0 Å². The van der Waals surface area contributed by atoms with Crippen molar-refractivity contribution in [2.24, 2.45) is 11.8 Å². The van der Waals surface area contributed by atoms with Crippen molar-refractivity contribution in [2.45, 2.75) is 63.7 Å². The first-order valence-electron chi connectivity index (χ1n) is 11.9. The molecule has 1 heterocycles. The lowest BCUT2D eigenvalue weighted by Gasteiger charge is -2.48. The molecule has 31 heavy (non-hydrogen) atoms. The predicted molar refractivity (Wildman–Crippen MR) is 124 cm³/mol. The molecule has 3 nitrogen and oxygen atoms in total. The molecule has 3 atom stereocenters. The van der Waals surface area contributed by atoms with Crippen LogP contribution in [0.2, 0.25) is 0 Å². The Kier molecular flexibility index (Phi) is 4.25. The smallest absolute Gasteiger partial charge is 0.136 e. The molecule has 2 aromatic carbocycles. The zero-order valence-electron chi connectivity index (χ0n) is 18.5. The van der Waals surface area contributed by atoms with Gasteiger partial charge in [0.15, 0.2) is 0 Å². The first kappa shape index (κ1) is 19.0. The Morgan fingerprint density at radius 2 is 1.65 bits per heavy atom. The van der Waals surface area contributed by atoms with E-state index >= 15 is 0 Å². The van der Waals surface area contributed by atoms with Crippen molar-refractivity contribution in [1.29, 1.82) is 0 Å². The fraction of sp³-hybridized carbons (Fsp3) is 0.429. The molecule has 1 aromatic heterocycles. The molecule has 0 aliphatic heterocycles. The van der Waals surface area contributed by atoms with Gasteiger partial charge in [0.25, 0.3) is 0 Å². The van der Waals surface area contributed by atoms with Crippen molar-refractivity contribution >= 4 is 5.78 Å². The molecule has 2 saturated carbocycles. The van der Waals surface area contributed by atoms with E-state index in [4.69, 9.17) is 5.10 Å². The number of nitrogens with zero attached hydrogens (tertiary/aromatic N) is 2. The summed E-state index contributed by atoms with van der Waals surface area (Å²) >= 11 is 0. The summed E-state index contributed by atoms with van der Waals surface area (Å²) in [4.78, 5) is 12.5. The van der Waals surface area contributed by atoms with Crippen LogP contribution < -0.4 is 0 Å². The Labute approximate surface area is 184 Å². The average molecular weight is 411 g/mol. The summed E-state index contributed by atoms with van der Waals surface area (Å²) in [6, 6.07) is 19.4. The second-order valence-electron chi connectivity index (χ2n) is 10.1. The molecule has 3 heteroatoms. The lowest BCUT2D eigenvalue weighted by atomic mass is 9.56. The van der Waals surface area contributed by atoms with E-state index in [-0.39, 0.29) is 11.3 Å². The standard InChI is InChI=1S/C28H30N2O/c1-18-24-15-14-23-26(21-8-9-21)29-30(27(23)28(24,2)17-16-25(18)31)22-12-10-20(11-13-22)19-6-4-3-5-7-19/h3-7,10-13,18,21,24H,8-9,14-17H2,1-2H3/t18-,24-,28-/m1/s1. The average Bonchev–Trinajstić information content (AvgIpc) is 3.57. The molecule has 0 unspecified atom stereocenters. The maximum atomic E-state index is 12.5. The van der Waals surface area contributed by atoms with Gasteiger partial charge in [0.1, 0.15) is 5.78 Å². The second-order valence-corrected chi connectivity index (χ2v) is 10.1. The molecule has 0 spiro atoms. The van der Waals surface area contributed by atoms with Gasteiger partial charge in [0, 0.05) is 23.7 Å². The topological polar surface area (TPSA) is 34.9 Å². The molecular weight excluding hydrogens is 380 g/mol. The van der Waals surface area contributed by atoms with Crippen LogP contribution in [0.25, 0.3) is 16.8 Å². The van der Waals surface area contributed by atoms with E-state index in [1.807, 2.05) is 0 Å². The normalized spacial score (nSPS) is 27.6. The Bertz CT molecular complexity index is 1140. The van der Waals surface area contributed by atoms with Gasteiger partial charge in [0.05, 0.1) is 17.1 Å². The monoisotopic (exact) mass is 410 g/mol. The van der Waals surface area contributed by atoms with E-state index in [1.165, 1.54) is 40.9 Å². The summed E-state index contributed by atoms with van der Waals surface area (Å²) in [5, 5.41) is 5.24. The maximum Gasteiger partial charge on any atom is 0.136 e. The summed E-state index contributed by atoms with van der Waals surface area (Å²) < 4.78 is 2.26. The Balaban J connectivity index is 1.47. The molecule has 0 radical (unpaired) electrons.